The van der Waals surface area contributed by atoms with Gasteiger partial charge in [-0.15, -0.1) is 0 Å². The van der Waals surface area contributed by atoms with Crippen molar-refractivity contribution in [3.63, 3.8) is 0 Å². The van der Waals surface area contributed by atoms with Crippen LogP contribution in [-0.2, 0) is 6.54 Å². The van der Waals surface area contributed by atoms with E-state index in [1.807, 2.05) is 19.1 Å². The Kier molecular flexibility index (Phi) is 4.04. The van der Waals surface area contributed by atoms with Crippen LogP contribution in [0.2, 0.25) is 0 Å². The third-order valence-corrected chi connectivity index (χ3v) is 5.50. The number of benzene rings is 1. The van der Waals surface area contributed by atoms with Gasteiger partial charge in [-0.25, -0.2) is 4.79 Å². The fourth-order valence-corrected chi connectivity index (χ4v) is 4.32. The van der Waals surface area contributed by atoms with Gasteiger partial charge in [-0.2, -0.15) is 11.3 Å². The first kappa shape index (κ1) is 14.6. The molecule has 0 radical (unpaired) electrons. The molecule has 110 valence electrons. The van der Waals surface area contributed by atoms with Crippen LogP contribution in [0.5, 0.6) is 0 Å². The summed E-state index contributed by atoms with van der Waals surface area (Å²) in [6, 6.07) is 5.99. The van der Waals surface area contributed by atoms with E-state index in [1.54, 1.807) is 15.9 Å². The second-order valence-electron chi connectivity index (χ2n) is 5.12. The van der Waals surface area contributed by atoms with E-state index < -0.39 is 0 Å². The summed E-state index contributed by atoms with van der Waals surface area (Å²) in [5, 5.41) is 4.29. The molecule has 0 aliphatic rings. The molecule has 3 aromatic rings. The van der Waals surface area contributed by atoms with E-state index in [4.69, 9.17) is 4.42 Å². The second kappa shape index (κ2) is 5.81. The molecule has 5 heteroatoms. The minimum absolute atomic E-state index is 0.118. The Balaban J connectivity index is 2.06. The molecule has 1 aromatic carbocycles. The monoisotopic (exact) mass is 365 g/mol. The molecular formula is C16H16BrNO2S. The number of hydrogen-bond donors (Lipinski definition) is 0. The van der Waals surface area contributed by atoms with Gasteiger partial charge in [0.15, 0.2) is 5.58 Å². The summed E-state index contributed by atoms with van der Waals surface area (Å²) < 4.78 is 7.07. The standard InChI is InChI=1S/C16H16BrNO2S/c1-3-6-18-13-5-4-11(7-14(13)20-16(18)19)15(17)12-9-21-8-10(12)2/h4-5,7-9,15H,3,6H2,1-2H3. The number of fused-ring (bicyclic) bond motifs is 1. The van der Waals surface area contributed by atoms with Crippen molar-refractivity contribution in [2.75, 3.05) is 0 Å². The number of aryl methyl sites for hydroxylation is 2. The van der Waals surface area contributed by atoms with Crippen LogP contribution >= 0.6 is 27.3 Å². The van der Waals surface area contributed by atoms with Crippen LogP contribution in [0.15, 0.2) is 38.2 Å². The summed E-state index contributed by atoms with van der Waals surface area (Å²) in [5.74, 6) is -0.276. The van der Waals surface area contributed by atoms with Crippen LogP contribution in [0.4, 0.5) is 0 Å². The summed E-state index contributed by atoms with van der Waals surface area (Å²) >= 11 is 5.44. The summed E-state index contributed by atoms with van der Waals surface area (Å²) in [4.78, 5) is 12.0. The van der Waals surface area contributed by atoms with Gasteiger partial charge in [-0.1, -0.05) is 28.9 Å². The molecule has 0 saturated heterocycles. The molecule has 3 nitrogen and oxygen atoms in total. The molecule has 0 amide bonds. The van der Waals surface area contributed by atoms with Crippen LogP contribution in [0.25, 0.3) is 11.1 Å². The molecule has 0 saturated carbocycles. The number of alkyl halides is 1. The van der Waals surface area contributed by atoms with E-state index in [0.717, 1.165) is 17.5 Å². The predicted molar refractivity (Wildman–Crippen MR) is 90.6 cm³/mol. The van der Waals surface area contributed by atoms with Crippen LogP contribution in [0.1, 0.15) is 34.9 Å². The van der Waals surface area contributed by atoms with Gasteiger partial charge in [-0.05, 0) is 52.9 Å². The quantitative estimate of drug-likeness (QED) is 0.618. The number of halogens is 1. The molecule has 2 aromatic heterocycles. The number of rotatable bonds is 4. The van der Waals surface area contributed by atoms with Gasteiger partial charge in [0.05, 0.1) is 10.3 Å². The molecule has 1 unspecified atom stereocenters. The molecule has 3 rings (SSSR count). The Bertz CT molecular complexity index is 830. The Labute approximate surface area is 135 Å². The van der Waals surface area contributed by atoms with Crippen LogP contribution in [-0.4, -0.2) is 4.57 Å². The molecule has 1 atom stereocenters. The molecule has 0 N–H and O–H groups in total. The third kappa shape index (κ3) is 2.60. The van der Waals surface area contributed by atoms with Crippen molar-refractivity contribution in [2.45, 2.75) is 31.6 Å². The van der Waals surface area contributed by atoms with Crippen molar-refractivity contribution >= 4 is 38.4 Å². The summed E-state index contributed by atoms with van der Waals surface area (Å²) in [6.45, 7) is 4.84. The summed E-state index contributed by atoms with van der Waals surface area (Å²) in [6.07, 6.45) is 0.908. The number of nitrogens with zero attached hydrogens (tertiary/aromatic N) is 1. The van der Waals surface area contributed by atoms with Crippen molar-refractivity contribution < 1.29 is 4.42 Å². The van der Waals surface area contributed by atoms with E-state index in [-0.39, 0.29) is 10.6 Å². The van der Waals surface area contributed by atoms with Crippen molar-refractivity contribution in [3.05, 3.63) is 56.2 Å². The maximum atomic E-state index is 11.9. The normalized spacial score (nSPS) is 12.9. The van der Waals surface area contributed by atoms with Gasteiger partial charge in [0, 0.05) is 6.54 Å². The molecule has 0 bridgehead atoms. The summed E-state index contributed by atoms with van der Waals surface area (Å²) in [5.41, 5.74) is 5.15. The van der Waals surface area contributed by atoms with E-state index in [1.165, 1.54) is 11.1 Å². The first-order chi connectivity index (χ1) is 10.1. The van der Waals surface area contributed by atoms with Gasteiger partial charge in [-0.3, -0.25) is 4.57 Å². The van der Waals surface area contributed by atoms with Gasteiger partial charge in [0.2, 0.25) is 0 Å². The zero-order chi connectivity index (χ0) is 15.0. The molecule has 21 heavy (non-hydrogen) atoms. The average Bonchev–Trinajstić information content (AvgIpc) is 3.02. The average molecular weight is 366 g/mol. The Hall–Kier alpha value is -1.33. The molecule has 0 fully saturated rings. The molecular weight excluding hydrogens is 350 g/mol. The Morgan fingerprint density at radius 2 is 2.19 bits per heavy atom. The zero-order valence-electron chi connectivity index (χ0n) is 11.9. The van der Waals surface area contributed by atoms with Gasteiger partial charge < -0.3 is 4.42 Å². The molecule has 0 aliphatic carbocycles. The summed E-state index contributed by atoms with van der Waals surface area (Å²) in [7, 11) is 0. The highest BCUT2D eigenvalue weighted by molar-refractivity contribution is 9.09. The smallest absolute Gasteiger partial charge is 0.408 e. The lowest BCUT2D eigenvalue weighted by molar-refractivity contribution is 0.502. The van der Waals surface area contributed by atoms with Crippen LogP contribution in [0.3, 0.4) is 0 Å². The van der Waals surface area contributed by atoms with E-state index in [9.17, 15) is 4.79 Å². The van der Waals surface area contributed by atoms with Crippen LogP contribution in [0, 0.1) is 6.92 Å². The SMILES string of the molecule is CCCn1c(=O)oc2cc(C(Br)c3cscc3C)ccc21. The highest BCUT2D eigenvalue weighted by Crippen LogP contribution is 2.35. The topological polar surface area (TPSA) is 35.1 Å². The molecule has 0 spiro atoms. The number of hydrogen-bond acceptors (Lipinski definition) is 3. The van der Waals surface area contributed by atoms with E-state index in [2.05, 4.69) is 39.7 Å². The van der Waals surface area contributed by atoms with Crippen molar-refractivity contribution in [1.29, 1.82) is 0 Å². The molecule has 0 aliphatic heterocycles. The lowest BCUT2D eigenvalue weighted by Crippen LogP contribution is -2.13. The van der Waals surface area contributed by atoms with Crippen molar-refractivity contribution in [3.8, 4) is 0 Å². The van der Waals surface area contributed by atoms with E-state index >= 15 is 0 Å². The number of aromatic nitrogens is 1. The van der Waals surface area contributed by atoms with Crippen molar-refractivity contribution in [2.24, 2.45) is 0 Å². The minimum atomic E-state index is -0.276. The minimum Gasteiger partial charge on any atom is -0.408 e. The first-order valence-corrected chi connectivity index (χ1v) is 8.77. The van der Waals surface area contributed by atoms with E-state index in [0.29, 0.717) is 12.1 Å². The maximum absolute atomic E-state index is 11.9. The number of thiophene rings is 1. The lowest BCUT2D eigenvalue weighted by Gasteiger charge is -2.10. The number of oxazole rings is 1. The zero-order valence-corrected chi connectivity index (χ0v) is 14.3. The largest absolute Gasteiger partial charge is 0.419 e. The highest BCUT2D eigenvalue weighted by atomic mass is 79.9. The first-order valence-electron chi connectivity index (χ1n) is 6.92. The maximum Gasteiger partial charge on any atom is 0.419 e. The highest BCUT2D eigenvalue weighted by Gasteiger charge is 2.16. The van der Waals surface area contributed by atoms with Crippen LogP contribution < -0.4 is 5.76 Å². The second-order valence-corrected chi connectivity index (χ2v) is 6.78. The Morgan fingerprint density at radius 1 is 1.38 bits per heavy atom. The fourth-order valence-electron chi connectivity index (χ4n) is 2.49. The van der Waals surface area contributed by atoms with Gasteiger partial charge >= 0.3 is 5.76 Å². The van der Waals surface area contributed by atoms with Crippen molar-refractivity contribution in [1.82, 2.24) is 4.57 Å². The Morgan fingerprint density at radius 3 is 2.86 bits per heavy atom. The lowest BCUT2D eigenvalue weighted by atomic mass is 10.0. The fraction of sp³-hybridized carbons (Fsp3) is 0.312. The van der Waals surface area contributed by atoms with Gasteiger partial charge in [0.1, 0.15) is 0 Å². The van der Waals surface area contributed by atoms with Gasteiger partial charge in [0.25, 0.3) is 0 Å². The third-order valence-electron chi connectivity index (χ3n) is 3.60. The predicted octanol–water partition coefficient (Wildman–Crippen LogP) is 4.86. The molecule has 2 heterocycles.